The molecular weight excluding hydrogens is 479 g/mol. The highest BCUT2D eigenvalue weighted by Crippen LogP contribution is 2.44. The van der Waals surface area contributed by atoms with Crippen LogP contribution in [0, 0.1) is 0 Å². The van der Waals surface area contributed by atoms with Gasteiger partial charge < -0.3 is 19.7 Å². The van der Waals surface area contributed by atoms with E-state index >= 15 is 0 Å². The van der Waals surface area contributed by atoms with Crippen molar-refractivity contribution in [1.82, 2.24) is 0 Å². The van der Waals surface area contributed by atoms with Crippen LogP contribution in [-0.4, -0.2) is 18.6 Å². The van der Waals surface area contributed by atoms with Crippen LogP contribution in [0.3, 0.4) is 0 Å². The van der Waals surface area contributed by atoms with E-state index < -0.39 is 8.38 Å². The molecule has 0 aliphatic carbocycles. The van der Waals surface area contributed by atoms with E-state index in [1.54, 1.807) is 0 Å². The van der Waals surface area contributed by atoms with E-state index in [0.29, 0.717) is 17.1 Å². The number of anilines is 2. The summed E-state index contributed by atoms with van der Waals surface area (Å²) in [6.45, 7) is 6.23. The Morgan fingerprint density at radius 1 is 0.649 bits per heavy atom. The van der Waals surface area contributed by atoms with Gasteiger partial charge in [0.25, 0.3) is 5.52 Å². The van der Waals surface area contributed by atoms with Gasteiger partial charge in [-0.3, -0.25) is 4.79 Å². The summed E-state index contributed by atoms with van der Waals surface area (Å²) >= 11 is 0. The van der Waals surface area contributed by atoms with Crippen LogP contribution in [0.25, 0.3) is 0 Å². The van der Waals surface area contributed by atoms with Crippen LogP contribution in [0.15, 0.2) is 78.9 Å². The van der Waals surface area contributed by atoms with E-state index in [-0.39, 0.29) is 5.52 Å². The Labute approximate surface area is 223 Å². The number of carbonyl (C=O) groups excluding carboxylic acids is 1. The smallest absolute Gasteiger partial charge is 0.370 e. The molecule has 37 heavy (non-hydrogen) atoms. The van der Waals surface area contributed by atoms with E-state index in [4.69, 9.17) is 9.05 Å². The van der Waals surface area contributed by atoms with Gasteiger partial charge in [0.15, 0.2) is 0 Å². The Balaban J connectivity index is 1.78. The van der Waals surface area contributed by atoms with Crippen LogP contribution in [-0.2, 0) is 0 Å². The van der Waals surface area contributed by atoms with Crippen molar-refractivity contribution in [2.24, 2.45) is 0 Å². The average molecular weight is 521 g/mol. The minimum Gasteiger partial charge on any atom is -0.433 e. The van der Waals surface area contributed by atoms with Crippen LogP contribution in [0.1, 0.15) is 75.6 Å². The lowest BCUT2D eigenvalue weighted by atomic mass is 10.1. The van der Waals surface area contributed by atoms with Crippen molar-refractivity contribution >= 4 is 25.3 Å². The van der Waals surface area contributed by atoms with Gasteiger partial charge in [0.1, 0.15) is 11.5 Å². The zero-order chi connectivity index (χ0) is 26.1. The normalized spacial score (nSPS) is 10.8. The molecular formula is C31H41N2O3P. The first-order valence-electron chi connectivity index (χ1n) is 13.6. The van der Waals surface area contributed by atoms with Crippen molar-refractivity contribution in [2.45, 2.75) is 65.2 Å². The average Bonchev–Trinajstić information content (AvgIpc) is 2.93. The monoisotopic (exact) mass is 520 g/mol. The van der Waals surface area contributed by atoms with Crippen LogP contribution in [0.5, 0.6) is 11.5 Å². The lowest BCUT2D eigenvalue weighted by Crippen LogP contribution is -2.11. The van der Waals surface area contributed by atoms with Gasteiger partial charge in [-0.15, -0.1) is 0 Å². The van der Waals surface area contributed by atoms with Crippen molar-refractivity contribution in [3.63, 3.8) is 0 Å². The van der Waals surface area contributed by atoms with Gasteiger partial charge in [0.05, 0.1) is 11.4 Å². The molecule has 3 rings (SSSR count). The van der Waals surface area contributed by atoms with Gasteiger partial charge in [-0.1, -0.05) is 88.8 Å². The number of hydrogen-bond donors (Lipinski definition) is 2. The van der Waals surface area contributed by atoms with Crippen LogP contribution >= 0.6 is 8.38 Å². The molecule has 0 amide bonds. The Morgan fingerprint density at radius 3 is 1.68 bits per heavy atom. The molecule has 0 aliphatic heterocycles. The summed E-state index contributed by atoms with van der Waals surface area (Å²) in [6.07, 6.45) is 9.57. The Bertz CT molecular complexity index is 1010. The predicted molar refractivity (Wildman–Crippen MR) is 157 cm³/mol. The number of benzene rings is 3. The van der Waals surface area contributed by atoms with Crippen molar-refractivity contribution in [3.8, 4) is 11.5 Å². The molecule has 5 nitrogen and oxygen atoms in total. The summed E-state index contributed by atoms with van der Waals surface area (Å²) < 4.78 is 12.2. The van der Waals surface area contributed by atoms with E-state index in [0.717, 1.165) is 37.3 Å². The maximum absolute atomic E-state index is 13.7. The molecule has 0 atom stereocenters. The number of rotatable bonds is 18. The van der Waals surface area contributed by atoms with E-state index in [2.05, 4.69) is 24.5 Å². The van der Waals surface area contributed by atoms with Crippen LogP contribution in [0.2, 0.25) is 0 Å². The Kier molecular flexibility index (Phi) is 12.8. The molecule has 0 radical (unpaired) electrons. The highest BCUT2D eigenvalue weighted by molar-refractivity contribution is 7.67. The lowest BCUT2D eigenvalue weighted by molar-refractivity contribution is 0.106. The Morgan fingerprint density at radius 2 is 1.16 bits per heavy atom. The fourth-order valence-corrected chi connectivity index (χ4v) is 5.07. The molecule has 0 aromatic heterocycles. The summed E-state index contributed by atoms with van der Waals surface area (Å²) in [6, 6.07) is 24.5. The van der Waals surface area contributed by atoms with Crippen molar-refractivity contribution in [1.29, 1.82) is 0 Å². The standard InChI is InChI=1S/C31H41N2O3P/c1-3-5-7-15-23-32-29-22-21-26(25-30(29)33-24-16-8-6-4-2)31(34)37(35-27-17-11-9-12-18-27)36-28-19-13-10-14-20-28/h9-14,17-22,25,32-33H,3-8,15-16,23-24H2,1-2H3. The molecule has 0 saturated carbocycles. The van der Waals surface area contributed by atoms with Crippen LogP contribution < -0.4 is 19.7 Å². The van der Waals surface area contributed by atoms with Gasteiger partial charge in [-0.25, -0.2) is 0 Å². The van der Waals surface area contributed by atoms with Gasteiger partial charge in [0.2, 0.25) is 0 Å². The maximum Gasteiger partial charge on any atom is 0.370 e. The van der Waals surface area contributed by atoms with E-state index in [9.17, 15) is 4.79 Å². The van der Waals surface area contributed by atoms with E-state index in [1.165, 1.54) is 38.5 Å². The number of nitrogens with one attached hydrogen (secondary N) is 2. The van der Waals surface area contributed by atoms with Gasteiger partial charge >= 0.3 is 8.38 Å². The highest BCUT2D eigenvalue weighted by atomic mass is 31.2. The molecule has 0 fully saturated rings. The third-order valence-corrected chi connectivity index (χ3v) is 7.33. The second-order valence-corrected chi connectivity index (χ2v) is 10.4. The summed E-state index contributed by atoms with van der Waals surface area (Å²) in [5.41, 5.74) is 2.39. The maximum atomic E-state index is 13.7. The molecule has 0 spiro atoms. The SMILES string of the molecule is CCCCCCNc1ccc(C(=O)P(Oc2ccccc2)Oc2ccccc2)cc1NCCCCCC. The third kappa shape index (κ3) is 10.1. The zero-order valence-electron chi connectivity index (χ0n) is 22.2. The molecule has 0 unspecified atom stereocenters. The summed E-state index contributed by atoms with van der Waals surface area (Å²) in [5, 5.41) is 7.14. The first kappa shape index (κ1) is 28.5. The quantitative estimate of drug-likeness (QED) is 0.129. The highest BCUT2D eigenvalue weighted by Gasteiger charge is 2.28. The Hall–Kier alpha value is -3.04. The van der Waals surface area contributed by atoms with E-state index in [1.807, 2.05) is 78.9 Å². The summed E-state index contributed by atoms with van der Waals surface area (Å²) in [5.74, 6) is 1.22. The second kappa shape index (κ2) is 16.7. The minimum absolute atomic E-state index is 0.161. The number of para-hydroxylation sites is 2. The summed E-state index contributed by atoms with van der Waals surface area (Å²) in [7, 11) is -1.90. The van der Waals surface area contributed by atoms with Gasteiger partial charge in [-0.05, 0) is 55.3 Å². The number of hydrogen-bond acceptors (Lipinski definition) is 5. The fraction of sp³-hybridized carbons (Fsp3) is 0.387. The van der Waals surface area contributed by atoms with Crippen LogP contribution in [0.4, 0.5) is 11.4 Å². The topological polar surface area (TPSA) is 59.6 Å². The van der Waals surface area contributed by atoms with Gasteiger partial charge in [-0.2, -0.15) is 0 Å². The molecule has 198 valence electrons. The predicted octanol–water partition coefficient (Wildman–Crippen LogP) is 9.28. The first-order valence-corrected chi connectivity index (χ1v) is 14.8. The summed E-state index contributed by atoms with van der Waals surface area (Å²) in [4.78, 5) is 13.7. The molecule has 0 bridgehead atoms. The lowest BCUT2D eigenvalue weighted by Gasteiger charge is -2.19. The molecule has 0 saturated heterocycles. The largest absolute Gasteiger partial charge is 0.433 e. The third-order valence-electron chi connectivity index (χ3n) is 5.99. The molecule has 3 aromatic rings. The first-order chi connectivity index (χ1) is 18.2. The van der Waals surface area contributed by atoms with Gasteiger partial charge in [0, 0.05) is 18.7 Å². The van der Waals surface area contributed by atoms with Crippen molar-refractivity contribution in [3.05, 3.63) is 84.4 Å². The van der Waals surface area contributed by atoms with Crippen molar-refractivity contribution in [2.75, 3.05) is 23.7 Å². The molecule has 3 aromatic carbocycles. The number of carbonyl (C=O) groups is 1. The number of unbranched alkanes of at least 4 members (excludes halogenated alkanes) is 6. The van der Waals surface area contributed by atoms with Crippen molar-refractivity contribution < 1.29 is 13.8 Å². The molecule has 0 aliphatic rings. The zero-order valence-corrected chi connectivity index (χ0v) is 23.1. The molecule has 2 N–H and O–H groups in total. The minimum atomic E-state index is -1.90. The molecule has 6 heteroatoms. The second-order valence-electron chi connectivity index (χ2n) is 9.11. The molecule has 0 heterocycles. The fourth-order valence-electron chi connectivity index (χ4n) is 3.89.